The third-order valence-corrected chi connectivity index (χ3v) is 1.67. The lowest BCUT2D eigenvalue weighted by Crippen LogP contribution is -2.20. The second-order valence-electron chi connectivity index (χ2n) is 2.39. The molecule has 2 rings (SSSR count). The molecule has 2 nitrogen and oxygen atoms in total. The molecule has 0 saturated carbocycles. The fourth-order valence-electron chi connectivity index (χ4n) is 1.12. The van der Waals surface area contributed by atoms with Gasteiger partial charge in [0.2, 0.25) is 0 Å². The molecule has 0 spiro atoms. The van der Waals surface area contributed by atoms with Crippen LogP contribution >= 0.6 is 0 Å². The largest absolute Gasteiger partial charge is 0.284 e. The summed E-state index contributed by atoms with van der Waals surface area (Å²) in [5, 5.41) is 0. The van der Waals surface area contributed by atoms with Crippen LogP contribution in [0, 0.1) is 6.92 Å². The van der Waals surface area contributed by atoms with E-state index in [9.17, 15) is 0 Å². The van der Waals surface area contributed by atoms with Gasteiger partial charge < -0.3 is 0 Å². The number of imidazole rings is 1. The van der Waals surface area contributed by atoms with E-state index in [2.05, 4.69) is 16.3 Å². The van der Waals surface area contributed by atoms with Gasteiger partial charge in [0, 0.05) is 13.0 Å². The molecule has 0 aliphatic rings. The van der Waals surface area contributed by atoms with Crippen molar-refractivity contribution in [2.75, 3.05) is 0 Å². The van der Waals surface area contributed by atoms with Crippen molar-refractivity contribution < 1.29 is 4.40 Å². The summed E-state index contributed by atoms with van der Waals surface area (Å²) in [6.45, 7) is 2.07. The van der Waals surface area contributed by atoms with Crippen molar-refractivity contribution in [1.29, 1.82) is 0 Å². The van der Waals surface area contributed by atoms with E-state index < -0.39 is 0 Å². The van der Waals surface area contributed by atoms with Gasteiger partial charge in [-0.2, -0.15) is 0 Å². The van der Waals surface area contributed by atoms with Gasteiger partial charge in [0.1, 0.15) is 11.9 Å². The second-order valence-corrected chi connectivity index (χ2v) is 2.39. The average Bonchev–Trinajstić information content (AvgIpc) is 2.34. The fourth-order valence-corrected chi connectivity index (χ4v) is 1.12. The Labute approximate surface area is 59.1 Å². The lowest BCUT2D eigenvalue weighted by molar-refractivity contribution is -0.517. The molecule has 1 N–H and O–H groups in total. The maximum Gasteiger partial charge on any atom is 0.284 e. The van der Waals surface area contributed by atoms with Gasteiger partial charge in [-0.15, -0.1) is 0 Å². The van der Waals surface area contributed by atoms with E-state index in [1.54, 1.807) is 0 Å². The van der Waals surface area contributed by atoms with Gasteiger partial charge in [0.25, 0.3) is 5.65 Å². The van der Waals surface area contributed by atoms with E-state index >= 15 is 0 Å². The Morgan fingerprint density at radius 2 is 2.30 bits per heavy atom. The maximum atomic E-state index is 3.15. The first-order valence-corrected chi connectivity index (χ1v) is 3.32. The molecule has 0 aromatic carbocycles. The van der Waals surface area contributed by atoms with Gasteiger partial charge in [0.05, 0.1) is 6.20 Å². The number of fused-ring (bicyclic) bond motifs is 1. The van der Waals surface area contributed by atoms with Crippen LogP contribution in [0.5, 0.6) is 0 Å². The van der Waals surface area contributed by atoms with E-state index in [1.165, 1.54) is 5.69 Å². The Bertz CT molecular complexity index is 349. The second kappa shape index (κ2) is 1.84. The first-order valence-electron chi connectivity index (χ1n) is 3.32. The van der Waals surface area contributed by atoms with Crippen LogP contribution in [0.3, 0.4) is 0 Å². The molecular weight excluding hydrogens is 124 g/mol. The Kier molecular flexibility index (Phi) is 1.01. The highest BCUT2D eigenvalue weighted by atomic mass is 15.0. The Hall–Kier alpha value is -1.31. The van der Waals surface area contributed by atoms with Crippen LogP contribution in [-0.4, -0.2) is 4.98 Å². The van der Waals surface area contributed by atoms with Crippen LogP contribution in [-0.2, 0) is 0 Å². The first kappa shape index (κ1) is 5.47. The van der Waals surface area contributed by atoms with Crippen LogP contribution in [0.4, 0.5) is 0 Å². The number of aromatic nitrogens is 2. The lowest BCUT2D eigenvalue weighted by Gasteiger charge is -1.82. The molecule has 0 radical (unpaired) electrons. The SMILES string of the molecule is Cc1c[nH]c2cccc[n+]12. The van der Waals surface area contributed by atoms with Gasteiger partial charge in [-0.3, -0.25) is 0 Å². The summed E-state index contributed by atoms with van der Waals surface area (Å²) in [5.41, 5.74) is 2.37. The van der Waals surface area contributed by atoms with Crippen molar-refractivity contribution in [3.05, 3.63) is 36.3 Å². The number of rotatable bonds is 0. The molecule has 0 saturated heterocycles. The van der Waals surface area contributed by atoms with Crippen LogP contribution in [0.25, 0.3) is 5.65 Å². The summed E-state index contributed by atoms with van der Waals surface area (Å²) >= 11 is 0. The number of aromatic amines is 1. The highest BCUT2D eigenvalue weighted by Crippen LogP contribution is 1.93. The molecule has 0 aliphatic heterocycles. The van der Waals surface area contributed by atoms with E-state index in [0.29, 0.717) is 0 Å². The zero-order chi connectivity index (χ0) is 6.97. The minimum atomic E-state index is 1.14. The van der Waals surface area contributed by atoms with Gasteiger partial charge in [-0.05, 0) is 6.07 Å². The predicted molar refractivity (Wildman–Crippen MR) is 38.7 cm³/mol. The molecule has 2 heteroatoms. The normalized spacial score (nSPS) is 10.5. The third kappa shape index (κ3) is 0.620. The minimum Gasteiger partial charge on any atom is -0.243 e. The smallest absolute Gasteiger partial charge is 0.243 e. The predicted octanol–water partition coefficient (Wildman–Crippen LogP) is 1.06. The lowest BCUT2D eigenvalue weighted by atomic mass is 10.4. The van der Waals surface area contributed by atoms with Crippen molar-refractivity contribution in [2.45, 2.75) is 6.92 Å². The minimum absolute atomic E-state index is 1.14. The number of hydrogen-bond donors (Lipinski definition) is 1. The Morgan fingerprint density at radius 3 is 3.10 bits per heavy atom. The molecule has 0 amide bonds. The number of pyridine rings is 1. The monoisotopic (exact) mass is 133 g/mol. The summed E-state index contributed by atoms with van der Waals surface area (Å²) in [6, 6.07) is 6.09. The van der Waals surface area contributed by atoms with Crippen molar-refractivity contribution in [2.24, 2.45) is 0 Å². The highest BCUT2D eigenvalue weighted by Gasteiger charge is 2.01. The number of nitrogens with zero attached hydrogens (tertiary/aromatic N) is 1. The third-order valence-electron chi connectivity index (χ3n) is 1.67. The zero-order valence-electron chi connectivity index (χ0n) is 5.83. The Balaban J connectivity index is 2.93. The van der Waals surface area contributed by atoms with Crippen molar-refractivity contribution in [3.8, 4) is 0 Å². The van der Waals surface area contributed by atoms with Crippen LogP contribution in [0.1, 0.15) is 5.69 Å². The Morgan fingerprint density at radius 1 is 1.40 bits per heavy atom. The quantitative estimate of drug-likeness (QED) is 0.518. The van der Waals surface area contributed by atoms with Crippen LogP contribution in [0.2, 0.25) is 0 Å². The van der Waals surface area contributed by atoms with Crippen LogP contribution in [0.15, 0.2) is 30.6 Å². The molecule has 2 heterocycles. The molecule has 2 aromatic heterocycles. The topological polar surface area (TPSA) is 19.9 Å². The van der Waals surface area contributed by atoms with E-state index in [1.807, 2.05) is 30.6 Å². The molecule has 0 aliphatic carbocycles. The van der Waals surface area contributed by atoms with Crippen molar-refractivity contribution >= 4 is 5.65 Å². The summed E-state index contributed by atoms with van der Waals surface area (Å²) in [4.78, 5) is 3.15. The average molecular weight is 133 g/mol. The molecule has 0 bridgehead atoms. The first-order chi connectivity index (χ1) is 4.88. The molecule has 2 aromatic rings. The highest BCUT2D eigenvalue weighted by molar-refractivity contribution is 5.28. The van der Waals surface area contributed by atoms with E-state index in [0.717, 1.165) is 5.65 Å². The summed E-state index contributed by atoms with van der Waals surface area (Å²) in [5.74, 6) is 0. The number of aryl methyl sites for hydroxylation is 1. The number of H-pyrrole nitrogens is 1. The summed E-state index contributed by atoms with van der Waals surface area (Å²) in [7, 11) is 0. The number of hydrogen-bond acceptors (Lipinski definition) is 0. The van der Waals surface area contributed by atoms with Gasteiger partial charge in [-0.1, -0.05) is 6.07 Å². The van der Waals surface area contributed by atoms with Gasteiger partial charge in [-0.25, -0.2) is 9.38 Å². The van der Waals surface area contributed by atoms with Gasteiger partial charge in [0.15, 0.2) is 0 Å². The fraction of sp³-hybridized carbons (Fsp3) is 0.125. The number of nitrogens with one attached hydrogen (secondary N) is 1. The van der Waals surface area contributed by atoms with Crippen molar-refractivity contribution in [3.63, 3.8) is 0 Å². The molecule has 0 fully saturated rings. The molecule has 50 valence electrons. The summed E-state index contributed by atoms with van der Waals surface area (Å²) < 4.78 is 2.11. The van der Waals surface area contributed by atoms with Crippen LogP contribution < -0.4 is 4.40 Å². The molecular formula is C8H9N2+. The van der Waals surface area contributed by atoms with Gasteiger partial charge >= 0.3 is 0 Å². The zero-order valence-corrected chi connectivity index (χ0v) is 5.83. The van der Waals surface area contributed by atoms with Crippen molar-refractivity contribution in [1.82, 2.24) is 4.98 Å². The summed E-state index contributed by atoms with van der Waals surface area (Å²) in [6.07, 6.45) is 4.04. The molecule has 0 atom stereocenters. The standard InChI is InChI=1S/C8H8N2/c1-7-6-9-8-4-2-3-5-10(7)8/h2-6H,1H3/p+1. The maximum absolute atomic E-state index is 3.15. The van der Waals surface area contributed by atoms with E-state index in [4.69, 9.17) is 0 Å². The molecule has 0 unspecified atom stereocenters. The molecule has 10 heavy (non-hydrogen) atoms. The van der Waals surface area contributed by atoms with E-state index in [-0.39, 0.29) is 0 Å².